The van der Waals surface area contributed by atoms with E-state index in [0.717, 1.165) is 31.2 Å². The van der Waals surface area contributed by atoms with E-state index in [1.54, 1.807) is 0 Å². The molecule has 1 rings (SSSR count). The van der Waals surface area contributed by atoms with Crippen LogP contribution in [0.25, 0.3) is 0 Å². The number of benzene rings is 1. The van der Waals surface area contributed by atoms with Crippen molar-refractivity contribution in [2.75, 3.05) is 20.2 Å². The van der Waals surface area contributed by atoms with E-state index in [-0.39, 0.29) is 0 Å². The van der Waals surface area contributed by atoms with Gasteiger partial charge in [0.25, 0.3) is 0 Å². The molecule has 1 aromatic carbocycles. The highest BCUT2D eigenvalue weighted by Crippen LogP contribution is 2.11. The van der Waals surface area contributed by atoms with Crippen molar-refractivity contribution in [3.05, 3.63) is 30.3 Å². The Labute approximate surface area is 92.6 Å². The fourth-order valence-electron chi connectivity index (χ4n) is 1.60. The second-order valence-electron chi connectivity index (χ2n) is 3.78. The van der Waals surface area contributed by atoms with Gasteiger partial charge in [0, 0.05) is 0 Å². The van der Waals surface area contributed by atoms with E-state index in [1.165, 1.54) is 6.42 Å². The summed E-state index contributed by atoms with van der Waals surface area (Å²) < 4.78 is 5.66. The summed E-state index contributed by atoms with van der Waals surface area (Å²) in [6, 6.07) is 10.0. The van der Waals surface area contributed by atoms with Crippen molar-refractivity contribution < 1.29 is 4.74 Å². The molecule has 0 saturated carbocycles. The first-order valence-corrected chi connectivity index (χ1v) is 5.69. The minimum absolute atomic E-state index is 0.721. The Morgan fingerprint density at radius 1 is 1.27 bits per heavy atom. The monoisotopic (exact) mass is 207 g/mol. The maximum Gasteiger partial charge on any atom is 0.119 e. The van der Waals surface area contributed by atoms with Crippen LogP contribution in [0.2, 0.25) is 0 Å². The molecule has 0 fully saturated rings. The Hall–Kier alpha value is -1.02. The third kappa shape index (κ3) is 4.84. The Bertz CT molecular complexity index is 248. The predicted octanol–water partition coefficient (Wildman–Crippen LogP) is 2.70. The van der Waals surface area contributed by atoms with E-state index >= 15 is 0 Å². The van der Waals surface area contributed by atoms with E-state index in [2.05, 4.69) is 12.2 Å². The number of rotatable bonds is 7. The van der Waals surface area contributed by atoms with E-state index in [0.29, 0.717) is 0 Å². The molecule has 0 aliphatic heterocycles. The molecular weight excluding hydrogens is 186 g/mol. The van der Waals surface area contributed by atoms with Gasteiger partial charge in [-0.15, -0.1) is 0 Å². The van der Waals surface area contributed by atoms with Crippen molar-refractivity contribution in [2.45, 2.75) is 19.8 Å². The van der Waals surface area contributed by atoms with Gasteiger partial charge in [-0.05, 0) is 38.1 Å². The van der Waals surface area contributed by atoms with Crippen molar-refractivity contribution in [1.82, 2.24) is 5.32 Å². The van der Waals surface area contributed by atoms with Gasteiger partial charge in [0.2, 0.25) is 0 Å². The summed E-state index contributed by atoms with van der Waals surface area (Å²) in [6.45, 7) is 4.11. The van der Waals surface area contributed by atoms with Gasteiger partial charge in [0.1, 0.15) is 5.75 Å². The minimum atomic E-state index is 0.721. The number of para-hydroxylation sites is 1. The first kappa shape index (κ1) is 12.1. The van der Waals surface area contributed by atoms with Gasteiger partial charge in [-0.25, -0.2) is 0 Å². The lowest BCUT2D eigenvalue weighted by molar-refractivity contribution is 0.273. The maximum absolute atomic E-state index is 5.66. The molecule has 0 radical (unpaired) electrons. The molecule has 0 aliphatic rings. The highest BCUT2D eigenvalue weighted by molar-refractivity contribution is 5.20. The molecule has 0 bridgehead atoms. The average molecular weight is 207 g/mol. The number of nitrogens with one attached hydrogen (secondary N) is 1. The van der Waals surface area contributed by atoms with Crippen molar-refractivity contribution in [1.29, 1.82) is 0 Å². The number of hydrogen-bond acceptors (Lipinski definition) is 2. The van der Waals surface area contributed by atoms with Crippen LogP contribution in [0.4, 0.5) is 0 Å². The van der Waals surface area contributed by atoms with Gasteiger partial charge in [-0.3, -0.25) is 0 Å². The largest absolute Gasteiger partial charge is 0.494 e. The molecule has 1 N–H and O–H groups in total. The summed E-state index contributed by atoms with van der Waals surface area (Å²) in [6.07, 6.45) is 2.32. The normalized spacial score (nSPS) is 12.4. The highest BCUT2D eigenvalue weighted by Gasteiger charge is 2.04. The first-order chi connectivity index (χ1) is 7.36. The third-order valence-corrected chi connectivity index (χ3v) is 2.61. The van der Waals surface area contributed by atoms with Gasteiger partial charge in [-0.2, -0.15) is 0 Å². The van der Waals surface area contributed by atoms with E-state index in [9.17, 15) is 0 Å². The van der Waals surface area contributed by atoms with Crippen molar-refractivity contribution in [3.63, 3.8) is 0 Å². The Morgan fingerprint density at radius 3 is 2.60 bits per heavy atom. The Balaban J connectivity index is 2.20. The van der Waals surface area contributed by atoms with Gasteiger partial charge in [-0.1, -0.05) is 31.5 Å². The summed E-state index contributed by atoms with van der Waals surface area (Å²) in [5, 5.41) is 3.21. The molecule has 2 nitrogen and oxygen atoms in total. The molecule has 0 spiro atoms. The molecule has 0 aromatic heterocycles. The summed E-state index contributed by atoms with van der Waals surface area (Å²) in [4.78, 5) is 0. The van der Waals surface area contributed by atoms with Crippen molar-refractivity contribution >= 4 is 0 Å². The molecule has 1 unspecified atom stereocenters. The number of ether oxygens (including phenoxy) is 1. The topological polar surface area (TPSA) is 21.3 Å². The molecule has 1 atom stereocenters. The van der Waals surface area contributed by atoms with Crippen molar-refractivity contribution in [3.8, 4) is 5.75 Å². The lowest BCUT2D eigenvalue weighted by atomic mass is 10.0. The van der Waals surface area contributed by atoms with Crippen LogP contribution in [-0.4, -0.2) is 20.2 Å². The number of hydrogen-bond donors (Lipinski definition) is 1. The van der Waals surface area contributed by atoms with Crippen molar-refractivity contribution in [2.24, 2.45) is 5.92 Å². The summed E-state index contributed by atoms with van der Waals surface area (Å²) >= 11 is 0. The van der Waals surface area contributed by atoms with Crippen LogP contribution < -0.4 is 10.1 Å². The maximum atomic E-state index is 5.66. The fraction of sp³-hybridized carbons (Fsp3) is 0.538. The zero-order valence-corrected chi connectivity index (χ0v) is 9.70. The van der Waals surface area contributed by atoms with Gasteiger partial charge in [0.15, 0.2) is 0 Å². The van der Waals surface area contributed by atoms with Gasteiger partial charge >= 0.3 is 0 Å². The zero-order chi connectivity index (χ0) is 10.9. The quantitative estimate of drug-likeness (QED) is 0.742. The smallest absolute Gasteiger partial charge is 0.119 e. The standard InChI is InChI=1S/C13H21NO/c1-3-12(11-14-2)9-10-15-13-7-5-4-6-8-13/h4-8,12,14H,3,9-11H2,1-2H3. The summed E-state index contributed by atoms with van der Waals surface area (Å²) in [5.74, 6) is 1.69. The average Bonchev–Trinajstić information content (AvgIpc) is 2.29. The van der Waals surface area contributed by atoms with Crippen LogP contribution in [0.1, 0.15) is 19.8 Å². The van der Waals surface area contributed by atoms with Crippen LogP contribution >= 0.6 is 0 Å². The summed E-state index contributed by atoms with van der Waals surface area (Å²) in [7, 11) is 2.00. The second kappa shape index (κ2) is 7.30. The first-order valence-electron chi connectivity index (χ1n) is 5.69. The molecule has 0 amide bonds. The molecule has 15 heavy (non-hydrogen) atoms. The zero-order valence-electron chi connectivity index (χ0n) is 9.70. The van der Waals surface area contributed by atoms with Crippen LogP contribution in [-0.2, 0) is 0 Å². The molecule has 0 aliphatic carbocycles. The fourth-order valence-corrected chi connectivity index (χ4v) is 1.60. The molecular formula is C13H21NO. The molecule has 2 heteroatoms. The van der Waals surface area contributed by atoms with E-state index in [4.69, 9.17) is 4.74 Å². The van der Waals surface area contributed by atoms with Crippen LogP contribution in [0.3, 0.4) is 0 Å². The van der Waals surface area contributed by atoms with Crippen LogP contribution in [0, 0.1) is 5.92 Å². The van der Waals surface area contributed by atoms with E-state index in [1.807, 2.05) is 37.4 Å². The Kier molecular flexibility index (Phi) is 5.86. The van der Waals surface area contributed by atoms with Crippen LogP contribution in [0.5, 0.6) is 5.75 Å². The lowest BCUT2D eigenvalue weighted by Gasteiger charge is -2.14. The highest BCUT2D eigenvalue weighted by atomic mass is 16.5. The lowest BCUT2D eigenvalue weighted by Crippen LogP contribution is -2.20. The second-order valence-corrected chi connectivity index (χ2v) is 3.78. The molecule has 1 aromatic rings. The molecule has 0 saturated heterocycles. The molecule has 0 heterocycles. The Morgan fingerprint density at radius 2 is 2.00 bits per heavy atom. The van der Waals surface area contributed by atoms with Gasteiger partial charge < -0.3 is 10.1 Å². The summed E-state index contributed by atoms with van der Waals surface area (Å²) in [5.41, 5.74) is 0. The third-order valence-electron chi connectivity index (χ3n) is 2.61. The SMILES string of the molecule is CCC(CCOc1ccccc1)CNC. The molecule has 84 valence electrons. The van der Waals surface area contributed by atoms with Crippen LogP contribution in [0.15, 0.2) is 30.3 Å². The van der Waals surface area contributed by atoms with E-state index < -0.39 is 0 Å². The minimum Gasteiger partial charge on any atom is -0.494 e. The van der Waals surface area contributed by atoms with Gasteiger partial charge in [0.05, 0.1) is 6.61 Å². The predicted molar refractivity (Wildman–Crippen MR) is 64.3 cm³/mol.